The van der Waals surface area contributed by atoms with Gasteiger partial charge in [0, 0.05) is 29.3 Å². The van der Waals surface area contributed by atoms with Crippen molar-refractivity contribution < 1.29 is 4.74 Å². The van der Waals surface area contributed by atoms with E-state index in [2.05, 4.69) is 55.2 Å². The highest BCUT2D eigenvalue weighted by atomic mass is 16.5. The van der Waals surface area contributed by atoms with Crippen LogP contribution in [0.15, 0.2) is 60.9 Å². The molecule has 28 heavy (non-hydrogen) atoms. The Balaban J connectivity index is 1.35. The number of fused-ring (bicyclic) bond motifs is 1. The Morgan fingerprint density at radius 2 is 1.93 bits per heavy atom. The minimum Gasteiger partial charge on any atom is -0.494 e. The molecular formula is C21H22N6O. The van der Waals surface area contributed by atoms with Gasteiger partial charge >= 0.3 is 0 Å². The molecule has 2 heterocycles. The van der Waals surface area contributed by atoms with Crippen molar-refractivity contribution in [1.29, 1.82) is 0 Å². The fourth-order valence-electron chi connectivity index (χ4n) is 3.04. The molecule has 7 heteroatoms. The molecule has 0 amide bonds. The number of aromatic nitrogens is 4. The summed E-state index contributed by atoms with van der Waals surface area (Å²) >= 11 is 0. The first kappa shape index (κ1) is 17.8. The van der Waals surface area contributed by atoms with Gasteiger partial charge in [-0.1, -0.05) is 18.2 Å². The Labute approximate surface area is 163 Å². The van der Waals surface area contributed by atoms with Crippen molar-refractivity contribution >= 4 is 28.4 Å². The molecule has 0 aliphatic rings. The number of H-pyrrole nitrogens is 1. The van der Waals surface area contributed by atoms with E-state index in [1.54, 1.807) is 6.20 Å². The zero-order chi connectivity index (χ0) is 19.2. The first-order valence-corrected chi connectivity index (χ1v) is 9.30. The van der Waals surface area contributed by atoms with Crippen LogP contribution in [-0.2, 0) is 6.42 Å². The summed E-state index contributed by atoms with van der Waals surface area (Å²) in [7, 11) is 0. The average Bonchev–Trinajstić information content (AvgIpc) is 3.13. The molecule has 0 fully saturated rings. The van der Waals surface area contributed by atoms with Crippen LogP contribution in [0.5, 0.6) is 5.75 Å². The SMILES string of the molecule is CCOc1ccc(Nc2nncc(NCCc3c[nH]c4ccccc34)n2)cc1. The van der Waals surface area contributed by atoms with Crippen molar-refractivity contribution in [2.24, 2.45) is 0 Å². The Hall–Kier alpha value is -3.61. The summed E-state index contributed by atoms with van der Waals surface area (Å²) < 4.78 is 5.45. The molecule has 0 radical (unpaired) electrons. The number of para-hydroxylation sites is 1. The summed E-state index contributed by atoms with van der Waals surface area (Å²) in [4.78, 5) is 7.77. The number of hydrogen-bond donors (Lipinski definition) is 3. The largest absolute Gasteiger partial charge is 0.494 e. The zero-order valence-electron chi connectivity index (χ0n) is 15.6. The third-order valence-corrected chi connectivity index (χ3v) is 4.36. The standard InChI is InChI=1S/C21H22N6O/c1-2-28-17-9-7-16(8-10-17)25-21-26-20(14-24-27-21)22-12-11-15-13-23-19-6-4-3-5-18(15)19/h3-10,13-14,23H,2,11-12H2,1H3,(H2,22,25,26,27). The van der Waals surface area contributed by atoms with E-state index in [1.165, 1.54) is 10.9 Å². The summed E-state index contributed by atoms with van der Waals surface area (Å²) in [6, 6.07) is 16.0. The predicted octanol–water partition coefficient (Wildman–Crippen LogP) is 4.15. The van der Waals surface area contributed by atoms with Crippen LogP contribution in [-0.4, -0.2) is 33.3 Å². The van der Waals surface area contributed by atoms with Crippen molar-refractivity contribution in [2.45, 2.75) is 13.3 Å². The number of nitrogens with zero attached hydrogens (tertiary/aromatic N) is 3. The van der Waals surface area contributed by atoms with Gasteiger partial charge < -0.3 is 20.4 Å². The second-order valence-electron chi connectivity index (χ2n) is 6.28. The van der Waals surface area contributed by atoms with Crippen LogP contribution in [0.2, 0.25) is 0 Å². The number of ether oxygens (including phenoxy) is 1. The summed E-state index contributed by atoms with van der Waals surface area (Å²) in [5.74, 6) is 1.96. The molecule has 0 bridgehead atoms. The molecule has 2 aromatic heterocycles. The molecule has 142 valence electrons. The van der Waals surface area contributed by atoms with E-state index in [0.29, 0.717) is 18.4 Å². The normalized spacial score (nSPS) is 10.8. The fourth-order valence-corrected chi connectivity index (χ4v) is 3.04. The third-order valence-electron chi connectivity index (χ3n) is 4.36. The minimum atomic E-state index is 0.446. The number of benzene rings is 2. The number of nitrogens with one attached hydrogen (secondary N) is 3. The molecule has 0 saturated carbocycles. The lowest BCUT2D eigenvalue weighted by atomic mass is 10.1. The van der Waals surface area contributed by atoms with Gasteiger partial charge in [-0.25, -0.2) is 0 Å². The summed E-state index contributed by atoms with van der Waals surface area (Å²) in [6.07, 6.45) is 4.57. The van der Waals surface area contributed by atoms with Crippen molar-refractivity contribution in [3.63, 3.8) is 0 Å². The van der Waals surface area contributed by atoms with Gasteiger partial charge in [0.1, 0.15) is 5.75 Å². The number of anilines is 3. The average molecular weight is 374 g/mol. The smallest absolute Gasteiger partial charge is 0.249 e. The molecule has 7 nitrogen and oxygen atoms in total. The summed E-state index contributed by atoms with van der Waals surface area (Å²) in [5, 5.41) is 15.8. The van der Waals surface area contributed by atoms with E-state index in [-0.39, 0.29) is 0 Å². The van der Waals surface area contributed by atoms with E-state index in [0.717, 1.165) is 29.9 Å². The maximum Gasteiger partial charge on any atom is 0.249 e. The molecule has 3 N–H and O–H groups in total. The van der Waals surface area contributed by atoms with Gasteiger partial charge in [-0.2, -0.15) is 10.1 Å². The van der Waals surface area contributed by atoms with Crippen LogP contribution in [0.3, 0.4) is 0 Å². The van der Waals surface area contributed by atoms with Gasteiger partial charge in [0.2, 0.25) is 5.95 Å². The Kier molecular flexibility index (Phi) is 5.33. The highest BCUT2D eigenvalue weighted by Crippen LogP contribution is 2.19. The lowest BCUT2D eigenvalue weighted by molar-refractivity contribution is 0.340. The molecule has 4 aromatic rings. The van der Waals surface area contributed by atoms with E-state index in [4.69, 9.17) is 4.74 Å². The van der Waals surface area contributed by atoms with Crippen molar-refractivity contribution in [2.75, 3.05) is 23.8 Å². The van der Waals surface area contributed by atoms with Crippen LogP contribution < -0.4 is 15.4 Å². The summed E-state index contributed by atoms with van der Waals surface area (Å²) in [5.41, 5.74) is 3.31. The number of aromatic amines is 1. The lowest BCUT2D eigenvalue weighted by Gasteiger charge is -2.08. The molecule has 0 saturated heterocycles. The highest BCUT2D eigenvalue weighted by molar-refractivity contribution is 5.83. The van der Waals surface area contributed by atoms with Crippen LogP contribution >= 0.6 is 0 Å². The maximum absolute atomic E-state index is 5.45. The fraction of sp³-hybridized carbons (Fsp3) is 0.190. The summed E-state index contributed by atoms with van der Waals surface area (Å²) in [6.45, 7) is 3.36. The first-order valence-electron chi connectivity index (χ1n) is 9.30. The van der Waals surface area contributed by atoms with Gasteiger partial charge in [0.25, 0.3) is 0 Å². The van der Waals surface area contributed by atoms with E-state index < -0.39 is 0 Å². The minimum absolute atomic E-state index is 0.446. The van der Waals surface area contributed by atoms with Crippen molar-refractivity contribution in [3.8, 4) is 5.75 Å². The monoisotopic (exact) mass is 374 g/mol. The third kappa shape index (κ3) is 4.20. The van der Waals surface area contributed by atoms with Gasteiger partial charge in [0.05, 0.1) is 12.8 Å². The molecule has 0 unspecified atom stereocenters. The van der Waals surface area contributed by atoms with Crippen molar-refractivity contribution in [1.82, 2.24) is 20.2 Å². The Morgan fingerprint density at radius 1 is 1.07 bits per heavy atom. The van der Waals surface area contributed by atoms with Crippen LogP contribution in [0.25, 0.3) is 10.9 Å². The van der Waals surface area contributed by atoms with E-state index in [1.807, 2.05) is 37.3 Å². The van der Waals surface area contributed by atoms with Crippen LogP contribution in [0.4, 0.5) is 17.5 Å². The maximum atomic E-state index is 5.45. The number of hydrogen-bond acceptors (Lipinski definition) is 6. The second-order valence-corrected chi connectivity index (χ2v) is 6.28. The molecule has 0 aliphatic heterocycles. The molecule has 0 spiro atoms. The number of rotatable bonds is 8. The van der Waals surface area contributed by atoms with E-state index >= 15 is 0 Å². The van der Waals surface area contributed by atoms with Gasteiger partial charge in [-0.3, -0.25) is 0 Å². The highest BCUT2D eigenvalue weighted by Gasteiger charge is 2.05. The predicted molar refractivity (Wildman–Crippen MR) is 111 cm³/mol. The van der Waals surface area contributed by atoms with Crippen molar-refractivity contribution in [3.05, 3.63) is 66.5 Å². The quantitative estimate of drug-likeness (QED) is 0.429. The second kappa shape index (κ2) is 8.39. The van der Waals surface area contributed by atoms with Gasteiger partial charge in [-0.05, 0) is 49.2 Å². The Bertz CT molecular complexity index is 1040. The van der Waals surface area contributed by atoms with Crippen LogP contribution in [0.1, 0.15) is 12.5 Å². The Morgan fingerprint density at radius 3 is 2.79 bits per heavy atom. The first-order chi connectivity index (χ1) is 13.8. The van der Waals surface area contributed by atoms with Crippen LogP contribution in [0, 0.1) is 0 Å². The molecule has 2 aromatic carbocycles. The van der Waals surface area contributed by atoms with E-state index in [9.17, 15) is 0 Å². The van der Waals surface area contributed by atoms with Gasteiger partial charge in [0.15, 0.2) is 5.82 Å². The zero-order valence-corrected chi connectivity index (χ0v) is 15.6. The topological polar surface area (TPSA) is 87.8 Å². The molecule has 0 aliphatic carbocycles. The molecule has 4 rings (SSSR count). The van der Waals surface area contributed by atoms with Gasteiger partial charge in [-0.15, -0.1) is 5.10 Å². The molecular weight excluding hydrogens is 352 g/mol. The molecule has 0 atom stereocenters. The lowest BCUT2D eigenvalue weighted by Crippen LogP contribution is -2.08.